The first-order valence-corrected chi connectivity index (χ1v) is 13.1. The van der Waals surface area contributed by atoms with Crippen LogP contribution in [-0.4, -0.2) is 50.6 Å². The molecule has 0 saturated carbocycles. The lowest BCUT2D eigenvalue weighted by Gasteiger charge is -2.28. The minimum absolute atomic E-state index is 0.179. The summed E-state index contributed by atoms with van der Waals surface area (Å²) in [6, 6.07) is 20.2. The van der Waals surface area contributed by atoms with Crippen LogP contribution in [0.1, 0.15) is 17.0 Å². The van der Waals surface area contributed by atoms with Gasteiger partial charge in [0.2, 0.25) is 5.95 Å². The van der Waals surface area contributed by atoms with Crippen molar-refractivity contribution in [3.63, 3.8) is 0 Å². The topological polar surface area (TPSA) is 90.1 Å². The Morgan fingerprint density at radius 1 is 1.00 bits per heavy atom. The zero-order valence-electron chi connectivity index (χ0n) is 22.4. The van der Waals surface area contributed by atoms with Crippen LogP contribution < -0.4 is 15.8 Å². The molecular weight excluding hydrogens is 490 g/mol. The molecule has 1 fully saturated rings. The van der Waals surface area contributed by atoms with E-state index in [0.717, 1.165) is 65.9 Å². The monoisotopic (exact) mass is 521 g/mol. The van der Waals surface area contributed by atoms with Crippen molar-refractivity contribution in [2.45, 2.75) is 20.4 Å². The van der Waals surface area contributed by atoms with E-state index in [1.165, 1.54) is 0 Å². The first kappa shape index (κ1) is 24.8. The summed E-state index contributed by atoms with van der Waals surface area (Å²) < 4.78 is 9.04. The van der Waals surface area contributed by atoms with Crippen molar-refractivity contribution < 1.29 is 4.74 Å². The van der Waals surface area contributed by atoms with Crippen molar-refractivity contribution in [1.82, 2.24) is 24.3 Å². The molecule has 0 amide bonds. The molecular formula is C30H31N7O2. The summed E-state index contributed by atoms with van der Waals surface area (Å²) in [6.45, 7) is 7.65. The van der Waals surface area contributed by atoms with Gasteiger partial charge in [-0.25, -0.2) is 9.97 Å². The molecule has 1 aliphatic rings. The Bertz CT molecular complexity index is 1680. The third-order valence-corrected chi connectivity index (χ3v) is 7.25. The van der Waals surface area contributed by atoms with Crippen LogP contribution in [0.15, 0.2) is 71.7 Å². The minimum Gasteiger partial charge on any atom is -0.378 e. The predicted octanol–water partition coefficient (Wildman–Crippen LogP) is 4.44. The van der Waals surface area contributed by atoms with Gasteiger partial charge in [0, 0.05) is 54.4 Å². The van der Waals surface area contributed by atoms with E-state index >= 15 is 0 Å². The molecule has 0 bridgehead atoms. The Morgan fingerprint density at radius 3 is 2.49 bits per heavy atom. The Labute approximate surface area is 226 Å². The van der Waals surface area contributed by atoms with Crippen LogP contribution in [0.3, 0.4) is 0 Å². The SMILES string of the molecule is Cc1ccccc1-c1cc2cnc(Nc3ccc(N4CCOCC4)cc3)nc2c(=O)n1Cc1cc(C)n(C)n1. The van der Waals surface area contributed by atoms with E-state index in [4.69, 9.17) is 4.74 Å². The van der Waals surface area contributed by atoms with E-state index < -0.39 is 0 Å². The van der Waals surface area contributed by atoms with E-state index in [2.05, 4.69) is 37.4 Å². The number of anilines is 3. The van der Waals surface area contributed by atoms with E-state index in [-0.39, 0.29) is 5.56 Å². The Morgan fingerprint density at radius 2 is 1.77 bits per heavy atom. The second-order valence-corrected chi connectivity index (χ2v) is 9.91. The summed E-state index contributed by atoms with van der Waals surface area (Å²) in [5, 5.41) is 8.55. The van der Waals surface area contributed by atoms with Crippen molar-refractivity contribution in [1.29, 1.82) is 0 Å². The number of hydrogen-bond donors (Lipinski definition) is 1. The Balaban J connectivity index is 1.37. The number of nitrogens with zero attached hydrogens (tertiary/aromatic N) is 6. The highest BCUT2D eigenvalue weighted by Gasteiger charge is 2.17. The maximum absolute atomic E-state index is 13.9. The zero-order chi connectivity index (χ0) is 26.9. The van der Waals surface area contributed by atoms with E-state index in [1.807, 2.05) is 74.1 Å². The molecule has 1 saturated heterocycles. The van der Waals surface area contributed by atoms with Crippen LogP contribution in [0.4, 0.5) is 17.3 Å². The van der Waals surface area contributed by atoms with Gasteiger partial charge in [-0.15, -0.1) is 0 Å². The van der Waals surface area contributed by atoms with E-state index in [1.54, 1.807) is 10.8 Å². The van der Waals surface area contributed by atoms with Gasteiger partial charge < -0.3 is 19.5 Å². The van der Waals surface area contributed by atoms with Crippen molar-refractivity contribution in [2.24, 2.45) is 7.05 Å². The van der Waals surface area contributed by atoms with Gasteiger partial charge in [0.15, 0.2) is 0 Å². The lowest BCUT2D eigenvalue weighted by atomic mass is 10.0. The molecule has 0 aliphatic carbocycles. The molecule has 1 N–H and O–H groups in total. The first-order valence-electron chi connectivity index (χ1n) is 13.1. The fourth-order valence-corrected chi connectivity index (χ4v) is 5.01. The van der Waals surface area contributed by atoms with Gasteiger partial charge in [0.25, 0.3) is 5.56 Å². The number of benzene rings is 2. The van der Waals surface area contributed by atoms with Crippen LogP contribution in [0.25, 0.3) is 22.2 Å². The maximum Gasteiger partial charge on any atom is 0.278 e. The molecule has 6 rings (SSSR count). The zero-order valence-corrected chi connectivity index (χ0v) is 22.4. The molecule has 39 heavy (non-hydrogen) atoms. The number of ether oxygens (including phenoxy) is 1. The number of rotatable bonds is 6. The van der Waals surface area contributed by atoms with Gasteiger partial charge in [0.1, 0.15) is 5.52 Å². The second kappa shape index (κ2) is 10.3. The summed E-state index contributed by atoms with van der Waals surface area (Å²) >= 11 is 0. The van der Waals surface area contributed by atoms with Crippen LogP contribution in [-0.2, 0) is 18.3 Å². The normalized spacial score (nSPS) is 13.7. The third kappa shape index (κ3) is 5.00. The van der Waals surface area contributed by atoms with Crippen molar-refractivity contribution in [2.75, 3.05) is 36.5 Å². The number of aromatic nitrogens is 5. The highest BCUT2D eigenvalue weighted by molar-refractivity contribution is 5.83. The molecule has 198 valence electrons. The molecule has 9 heteroatoms. The van der Waals surface area contributed by atoms with Gasteiger partial charge in [-0.1, -0.05) is 24.3 Å². The predicted molar refractivity (Wildman–Crippen MR) is 154 cm³/mol. The Kier molecular flexibility index (Phi) is 6.58. The van der Waals surface area contributed by atoms with E-state index in [9.17, 15) is 4.79 Å². The van der Waals surface area contributed by atoms with Gasteiger partial charge in [-0.05, 0) is 55.8 Å². The first-order chi connectivity index (χ1) is 19.0. The fraction of sp³-hybridized carbons (Fsp3) is 0.267. The van der Waals surface area contributed by atoms with Gasteiger partial charge in [0.05, 0.1) is 31.1 Å². The number of nitrogens with one attached hydrogen (secondary N) is 1. The molecule has 4 heterocycles. The molecule has 9 nitrogen and oxygen atoms in total. The second-order valence-electron chi connectivity index (χ2n) is 9.91. The van der Waals surface area contributed by atoms with Crippen molar-refractivity contribution >= 4 is 28.2 Å². The molecule has 0 spiro atoms. The lowest BCUT2D eigenvalue weighted by molar-refractivity contribution is 0.122. The summed E-state index contributed by atoms with van der Waals surface area (Å²) in [5.41, 5.74) is 6.94. The number of morpholine rings is 1. The van der Waals surface area contributed by atoms with Gasteiger partial charge >= 0.3 is 0 Å². The quantitative estimate of drug-likeness (QED) is 0.353. The average molecular weight is 522 g/mol. The largest absolute Gasteiger partial charge is 0.378 e. The average Bonchev–Trinajstić information content (AvgIpc) is 3.28. The lowest BCUT2D eigenvalue weighted by Crippen LogP contribution is -2.36. The number of pyridine rings is 1. The summed E-state index contributed by atoms with van der Waals surface area (Å²) in [4.78, 5) is 25.4. The van der Waals surface area contributed by atoms with Crippen LogP contribution >= 0.6 is 0 Å². The summed E-state index contributed by atoms with van der Waals surface area (Å²) in [7, 11) is 1.91. The number of hydrogen-bond acceptors (Lipinski definition) is 7. The molecule has 0 radical (unpaired) electrons. The molecule has 1 aliphatic heterocycles. The number of aryl methyl sites for hydroxylation is 3. The smallest absolute Gasteiger partial charge is 0.278 e. The molecule has 0 unspecified atom stereocenters. The van der Waals surface area contributed by atoms with Crippen LogP contribution in [0, 0.1) is 13.8 Å². The van der Waals surface area contributed by atoms with Gasteiger partial charge in [-0.3, -0.25) is 9.48 Å². The molecule has 3 aromatic heterocycles. The van der Waals surface area contributed by atoms with Crippen LogP contribution in [0.5, 0.6) is 0 Å². The molecule has 2 aromatic carbocycles. The van der Waals surface area contributed by atoms with Crippen molar-refractivity contribution in [3.05, 3.63) is 94.2 Å². The highest BCUT2D eigenvalue weighted by Crippen LogP contribution is 2.26. The molecule has 5 aromatic rings. The minimum atomic E-state index is -0.179. The Hall–Kier alpha value is -4.50. The number of fused-ring (bicyclic) bond motifs is 1. The highest BCUT2D eigenvalue weighted by atomic mass is 16.5. The third-order valence-electron chi connectivity index (χ3n) is 7.25. The maximum atomic E-state index is 13.9. The molecule has 0 atom stereocenters. The standard InChI is InChI=1S/C30H31N7O2/c1-20-6-4-5-7-26(20)27-17-22-18-31-30(32-23-8-10-25(11-9-23)36-12-14-39-15-13-36)33-28(22)29(38)37(27)19-24-16-21(2)35(3)34-24/h4-11,16-18H,12-15,19H2,1-3H3,(H,31,32,33). The van der Waals surface area contributed by atoms with Crippen LogP contribution in [0.2, 0.25) is 0 Å². The summed E-state index contributed by atoms with van der Waals surface area (Å²) in [5.74, 6) is 0.377. The van der Waals surface area contributed by atoms with Gasteiger partial charge in [-0.2, -0.15) is 5.10 Å². The van der Waals surface area contributed by atoms with Crippen molar-refractivity contribution in [3.8, 4) is 11.3 Å². The summed E-state index contributed by atoms with van der Waals surface area (Å²) in [6.07, 6.45) is 1.71. The van der Waals surface area contributed by atoms with E-state index in [0.29, 0.717) is 23.4 Å². The fourth-order valence-electron chi connectivity index (χ4n) is 5.01.